The van der Waals surface area contributed by atoms with E-state index in [0.29, 0.717) is 5.56 Å². The quantitative estimate of drug-likeness (QED) is 0.833. The van der Waals surface area contributed by atoms with Crippen molar-refractivity contribution in [3.8, 4) is 11.5 Å². The molecule has 1 heterocycles. The molecule has 0 saturated carbocycles. The van der Waals surface area contributed by atoms with Crippen LogP contribution < -0.4 is 5.73 Å². The molecule has 0 saturated heterocycles. The molecule has 92 valence electrons. The number of nitrogen functional groups attached to an aromatic ring is 1. The van der Waals surface area contributed by atoms with Gasteiger partial charge in [0.25, 0.3) is 5.89 Å². The summed E-state index contributed by atoms with van der Waals surface area (Å²) >= 11 is 0. The van der Waals surface area contributed by atoms with Crippen LogP contribution in [0.25, 0.3) is 11.5 Å². The molecule has 0 spiro atoms. The van der Waals surface area contributed by atoms with Gasteiger partial charge in [0.1, 0.15) is 0 Å². The largest absolute Gasteiger partial charge is 0.403 e. The molecule has 0 amide bonds. The number of nitrogens with zero attached hydrogens (tertiary/aromatic N) is 2. The Balaban J connectivity index is 0.000000686. The smallest absolute Gasteiger partial charge is 0.313 e. The monoisotopic (exact) mass is 241 g/mol. The van der Waals surface area contributed by atoms with Crippen LogP contribution in [0.1, 0.15) is 19.4 Å². The fourth-order valence-corrected chi connectivity index (χ4v) is 1.25. The molecule has 0 aliphatic rings. The lowest BCUT2D eigenvalue weighted by molar-refractivity contribution is 0.503. The Bertz CT molecular complexity index is 511. The van der Waals surface area contributed by atoms with E-state index in [1.807, 2.05) is 13.8 Å². The number of halogens is 2. The zero-order chi connectivity index (χ0) is 13.0. The zero-order valence-corrected chi connectivity index (χ0v) is 9.79. The summed E-state index contributed by atoms with van der Waals surface area (Å²) in [6.45, 7) is 5.61. The van der Waals surface area contributed by atoms with Gasteiger partial charge >= 0.3 is 6.01 Å². The highest BCUT2D eigenvalue weighted by molar-refractivity contribution is 5.59. The fraction of sp³-hybridized carbons (Fsp3) is 0.273. The van der Waals surface area contributed by atoms with Gasteiger partial charge in [-0.2, -0.15) is 0 Å². The minimum atomic E-state index is -1.02. The summed E-state index contributed by atoms with van der Waals surface area (Å²) in [5, 5.41) is 6.88. The molecular formula is C11H13F2N3O. The van der Waals surface area contributed by atoms with Crippen LogP contribution in [-0.4, -0.2) is 10.2 Å². The minimum Gasteiger partial charge on any atom is -0.403 e. The summed E-state index contributed by atoms with van der Waals surface area (Å²) in [7, 11) is 0. The van der Waals surface area contributed by atoms with E-state index in [4.69, 9.17) is 10.2 Å². The first-order valence-electron chi connectivity index (χ1n) is 5.13. The Labute approximate surface area is 97.5 Å². The number of hydrogen-bond donors (Lipinski definition) is 1. The highest BCUT2D eigenvalue weighted by Gasteiger charge is 2.17. The van der Waals surface area contributed by atoms with Gasteiger partial charge in [0.15, 0.2) is 11.6 Å². The topological polar surface area (TPSA) is 64.9 Å². The molecule has 0 bridgehead atoms. The molecule has 17 heavy (non-hydrogen) atoms. The van der Waals surface area contributed by atoms with Crippen molar-refractivity contribution in [2.24, 2.45) is 0 Å². The molecule has 0 aliphatic carbocycles. The Kier molecular flexibility index (Phi) is 4.14. The van der Waals surface area contributed by atoms with E-state index < -0.39 is 11.6 Å². The molecule has 6 heteroatoms. The molecule has 1 aromatic heterocycles. The Morgan fingerprint density at radius 1 is 1.18 bits per heavy atom. The van der Waals surface area contributed by atoms with Crippen LogP contribution in [0.15, 0.2) is 16.5 Å². The van der Waals surface area contributed by atoms with E-state index in [9.17, 15) is 8.78 Å². The third-order valence-corrected chi connectivity index (χ3v) is 1.96. The van der Waals surface area contributed by atoms with Crippen LogP contribution in [0.5, 0.6) is 0 Å². The van der Waals surface area contributed by atoms with Crippen molar-refractivity contribution in [2.45, 2.75) is 20.8 Å². The van der Waals surface area contributed by atoms with Crippen molar-refractivity contribution in [3.05, 3.63) is 29.3 Å². The Morgan fingerprint density at radius 2 is 1.82 bits per heavy atom. The number of nitrogens with two attached hydrogens (primary N) is 1. The standard InChI is InChI=1S/C9H7F2N3O.C2H6/c1-4-2-3-5(10)7(11)6(4)8-13-14-9(12)15-8;1-2/h2-3H,1H3,(H2,12,14);1-2H3. The Morgan fingerprint density at radius 3 is 2.35 bits per heavy atom. The second kappa shape index (κ2) is 5.38. The number of hydrogen-bond acceptors (Lipinski definition) is 4. The summed E-state index contributed by atoms with van der Waals surface area (Å²) in [4.78, 5) is 0. The van der Waals surface area contributed by atoms with Gasteiger partial charge < -0.3 is 10.2 Å². The SMILES string of the molecule is CC.Cc1ccc(F)c(F)c1-c1nnc(N)o1. The molecule has 0 unspecified atom stereocenters. The van der Waals surface area contributed by atoms with Crippen molar-refractivity contribution in [2.75, 3.05) is 5.73 Å². The average Bonchev–Trinajstić information content (AvgIpc) is 2.74. The average molecular weight is 241 g/mol. The molecule has 1 aromatic carbocycles. The van der Waals surface area contributed by atoms with E-state index >= 15 is 0 Å². The summed E-state index contributed by atoms with van der Waals surface area (Å²) in [5.74, 6) is -2.10. The van der Waals surface area contributed by atoms with Crippen LogP contribution in [0.4, 0.5) is 14.8 Å². The summed E-state index contributed by atoms with van der Waals surface area (Å²) in [5.41, 5.74) is 5.64. The van der Waals surface area contributed by atoms with Crippen molar-refractivity contribution in [1.82, 2.24) is 10.2 Å². The first-order valence-corrected chi connectivity index (χ1v) is 5.13. The van der Waals surface area contributed by atoms with Crippen molar-refractivity contribution < 1.29 is 13.2 Å². The number of aromatic nitrogens is 2. The molecule has 2 aromatic rings. The summed E-state index contributed by atoms with van der Waals surface area (Å²) < 4.78 is 31.2. The number of benzene rings is 1. The van der Waals surface area contributed by atoms with Crippen molar-refractivity contribution in [3.63, 3.8) is 0 Å². The Hall–Kier alpha value is -1.98. The summed E-state index contributed by atoms with van der Waals surface area (Å²) in [6, 6.07) is 2.27. The molecule has 0 radical (unpaired) electrons. The van der Waals surface area contributed by atoms with Gasteiger partial charge in [0, 0.05) is 0 Å². The van der Waals surface area contributed by atoms with E-state index in [1.54, 1.807) is 6.92 Å². The van der Waals surface area contributed by atoms with Crippen molar-refractivity contribution in [1.29, 1.82) is 0 Å². The maximum Gasteiger partial charge on any atom is 0.313 e. The van der Waals surface area contributed by atoms with Crippen LogP contribution in [0, 0.1) is 18.6 Å². The highest BCUT2D eigenvalue weighted by Crippen LogP contribution is 2.27. The molecule has 4 nitrogen and oxygen atoms in total. The van der Waals surface area contributed by atoms with E-state index in [1.165, 1.54) is 6.07 Å². The second-order valence-electron chi connectivity index (χ2n) is 3.00. The van der Waals surface area contributed by atoms with Crippen LogP contribution >= 0.6 is 0 Å². The van der Waals surface area contributed by atoms with Gasteiger partial charge in [-0.25, -0.2) is 8.78 Å². The highest BCUT2D eigenvalue weighted by atomic mass is 19.2. The predicted octanol–water partition coefficient (Wildman–Crippen LogP) is 2.93. The van der Waals surface area contributed by atoms with Gasteiger partial charge in [-0.15, -0.1) is 5.10 Å². The lowest BCUT2D eigenvalue weighted by atomic mass is 10.1. The molecule has 2 N–H and O–H groups in total. The first-order chi connectivity index (χ1) is 8.09. The zero-order valence-electron chi connectivity index (χ0n) is 9.79. The summed E-state index contributed by atoms with van der Waals surface area (Å²) in [6.07, 6.45) is 0. The van der Waals surface area contributed by atoms with Gasteiger partial charge in [0.2, 0.25) is 0 Å². The predicted molar refractivity (Wildman–Crippen MR) is 60.1 cm³/mol. The van der Waals surface area contributed by atoms with Crippen molar-refractivity contribution >= 4 is 6.01 Å². The van der Waals surface area contributed by atoms with Gasteiger partial charge in [-0.1, -0.05) is 25.0 Å². The molecule has 0 atom stereocenters. The van der Waals surface area contributed by atoms with Crippen LogP contribution in [-0.2, 0) is 0 Å². The van der Waals surface area contributed by atoms with Gasteiger partial charge in [-0.3, -0.25) is 0 Å². The number of rotatable bonds is 1. The third-order valence-electron chi connectivity index (χ3n) is 1.96. The number of aryl methyl sites for hydroxylation is 1. The lowest BCUT2D eigenvalue weighted by Gasteiger charge is -2.02. The maximum absolute atomic E-state index is 13.4. The third kappa shape index (κ3) is 2.58. The molecule has 2 rings (SSSR count). The normalized spacial score (nSPS) is 9.71. The van der Waals surface area contributed by atoms with Crippen LogP contribution in [0.2, 0.25) is 0 Å². The van der Waals surface area contributed by atoms with E-state index in [0.717, 1.165) is 6.07 Å². The van der Waals surface area contributed by atoms with Gasteiger partial charge in [-0.05, 0) is 18.6 Å². The second-order valence-corrected chi connectivity index (χ2v) is 3.00. The van der Waals surface area contributed by atoms with E-state index in [2.05, 4.69) is 10.2 Å². The fourth-order valence-electron chi connectivity index (χ4n) is 1.25. The molecule has 0 fully saturated rings. The maximum atomic E-state index is 13.4. The van der Waals surface area contributed by atoms with E-state index in [-0.39, 0.29) is 17.5 Å². The van der Waals surface area contributed by atoms with Crippen LogP contribution in [0.3, 0.4) is 0 Å². The molecular weight excluding hydrogens is 228 g/mol. The van der Waals surface area contributed by atoms with Gasteiger partial charge in [0.05, 0.1) is 5.56 Å². The first kappa shape index (κ1) is 13.1. The molecule has 0 aliphatic heterocycles. The number of anilines is 1. The minimum absolute atomic E-state index is 0.0563. The lowest BCUT2D eigenvalue weighted by Crippen LogP contribution is -1.93.